The molecule has 0 bridgehead atoms. The van der Waals surface area contributed by atoms with Gasteiger partial charge in [-0.25, -0.2) is 57.5 Å². The van der Waals surface area contributed by atoms with Crippen molar-refractivity contribution in [2.45, 2.75) is 113 Å². The van der Waals surface area contributed by atoms with Crippen molar-refractivity contribution in [2.75, 3.05) is 99.7 Å². The molecule has 84 heavy (non-hydrogen) atoms. The second kappa shape index (κ2) is 15.7. The van der Waals surface area contributed by atoms with Crippen molar-refractivity contribution in [3.63, 3.8) is 0 Å². The van der Waals surface area contributed by atoms with E-state index in [0.29, 0.717) is 6.04 Å². The summed E-state index contributed by atoms with van der Waals surface area (Å²) in [6, 6.07) is -6.66. The van der Waals surface area contributed by atoms with Crippen LogP contribution >= 0.6 is 0 Å². The molecule has 39 nitrogen and oxygen atoms in total. The third kappa shape index (κ3) is 5.41. The fourth-order valence-corrected chi connectivity index (χ4v) is 17.0. The second-order valence-electron chi connectivity index (χ2n) is 25.0. The van der Waals surface area contributed by atoms with E-state index in [1.165, 1.54) is 137 Å². The van der Waals surface area contributed by atoms with Crippen molar-refractivity contribution < 1.29 is 68.2 Å². The summed E-state index contributed by atoms with van der Waals surface area (Å²) in [5, 5.41) is 4.78. The third-order valence-corrected chi connectivity index (χ3v) is 20.9. The SMILES string of the molecule is CCC(C)N.C[C@@H]1C[NH2+]CC[NH2+]1.O=C1N2CN3C(=O)N4CN5C(=O)N6CN7C(=O)N8CN9C(=O)N%10CN%11C(=O)N%12CN1C1C2N2CN%13C(=O)N(CN%14C(=O)N(CN%15C(=O)N(CN%16C(=O)N(CN%17C(=O)N(CN1C2=O)C%12C%11%17)C%10C9%16)C8C7%15)C6C5%14)C4C3%13. The van der Waals surface area contributed by atoms with E-state index in [-0.39, 0.29) is 0 Å². The fraction of sp³-hybridized carbons (Fsp3) is 0.733. The minimum absolute atomic E-state index is 0.384. The second-order valence-corrected chi connectivity index (χ2v) is 25.0. The minimum Gasteiger partial charge on any atom is -0.337 e. The molecule has 0 saturated carbocycles. The van der Waals surface area contributed by atoms with Crippen molar-refractivity contribution in [1.29, 1.82) is 0 Å². The molecule has 19 fully saturated rings. The molecule has 2 atom stereocenters. The quantitative estimate of drug-likeness (QED) is 0.220. The van der Waals surface area contributed by atoms with Gasteiger partial charge in [-0.15, -0.1) is 0 Å². The standard InChI is InChI=1S/C36H36N24O12.C5H12N2.C4H11N/c61-25-37-1-38-14-16-42(26(38)62)4-46-18-20-50(30(46)66)8-54-22-24-58(34(54)70)11-57-23-21-53(33(57)69)7-49-19-17-45(29(49)65)3-41(25)15-13(37)39-2-40(14)28(64)44(16)6-48(18)32(68)52(20)10-56(22)36(72)60(24)12-59(23)35(71)55(21)9-51(19)31(67)47(17)5-43(15)27(39)63;1-5-4-6-2-3-7-5;1-3-4(2)5/h13-24H,1-12H2;5-7H,2-4H2,1H3;4H,3,5H2,1-2H3/p+2/t;5-;/m.1./s1. The average molecular weight is 1170 g/mol. The van der Waals surface area contributed by atoms with E-state index in [9.17, 15) is 0 Å². The number of hydrogen-bond donors (Lipinski definition) is 3. The Balaban J connectivity index is 0.000000406. The molecular weight excluding hydrogens is 1110 g/mol. The number of piperazine rings is 1. The van der Waals surface area contributed by atoms with Crippen LogP contribution in [0.25, 0.3) is 0 Å². The Morgan fingerprint density at radius 3 is 0.512 bits per heavy atom. The van der Waals surface area contributed by atoms with Gasteiger partial charge in [0.25, 0.3) is 0 Å². The van der Waals surface area contributed by atoms with Gasteiger partial charge in [-0.2, -0.15) is 0 Å². The van der Waals surface area contributed by atoms with Crippen molar-refractivity contribution in [3.05, 3.63) is 0 Å². The molecule has 1 unspecified atom stereocenters. The first kappa shape index (κ1) is 48.6. The summed E-state index contributed by atoms with van der Waals surface area (Å²) >= 11 is 0. The molecule has 446 valence electrons. The van der Waals surface area contributed by atoms with Gasteiger partial charge in [0.15, 0.2) is 74.0 Å². The molecule has 0 aromatic heterocycles. The number of amides is 24. The number of hydrogen-bond acceptors (Lipinski definition) is 13. The number of nitrogens with zero attached hydrogens (tertiary/aromatic N) is 24. The highest BCUT2D eigenvalue weighted by Crippen LogP contribution is 2.51. The van der Waals surface area contributed by atoms with E-state index in [4.69, 9.17) is 5.73 Å². The van der Waals surface area contributed by atoms with Crippen molar-refractivity contribution in [1.82, 2.24) is 118 Å². The smallest absolute Gasteiger partial charge is 0.326 e. The predicted molar refractivity (Wildman–Crippen MR) is 265 cm³/mol. The predicted octanol–water partition coefficient (Wildman–Crippen LogP) is -7.41. The third-order valence-electron chi connectivity index (χ3n) is 20.9. The van der Waals surface area contributed by atoms with E-state index >= 15 is 57.5 Å². The average Bonchev–Trinajstić information content (AvgIpc) is 1.54. The molecule has 19 heterocycles. The summed E-state index contributed by atoms with van der Waals surface area (Å²) in [7, 11) is 0. The maximum absolute atomic E-state index is 15.1. The van der Waals surface area contributed by atoms with E-state index in [1.807, 2.05) is 6.92 Å². The van der Waals surface area contributed by atoms with Crippen LogP contribution in [0.5, 0.6) is 0 Å². The number of nitrogens with two attached hydrogens (primary N) is 3. The zero-order chi connectivity index (χ0) is 57.6. The maximum Gasteiger partial charge on any atom is 0.326 e. The van der Waals surface area contributed by atoms with Crippen molar-refractivity contribution in [3.8, 4) is 0 Å². The lowest BCUT2D eigenvalue weighted by molar-refractivity contribution is -0.808. The first-order valence-corrected chi connectivity index (χ1v) is 28.7. The highest BCUT2D eigenvalue weighted by Gasteiger charge is 2.76. The Morgan fingerprint density at radius 2 is 0.440 bits per heavy atom. The molecule has 19 aliphatic heterocycles. The Hall–Kier alpha value is -8.88. The van der Waals surface area contributed by atoms with Crippen LogP contribution in [0, 0.1) is 0 Å². The number of carbonyl (C=O) groups is 12. The zero-order valence-electron chi connectivity index (χ0n) is 45.8. The summed E-state index contributed by atoms with van der Waals surface area (Å²) < 4.78 is 0. The van der Waals surface area contributed by atoms with E-state index in [1.54, 1.807) is 0 Å². The first-order chi connectivity index (χ1) is 40.4. The summed E-state index contributed by atoms with van der Waals surface area (Å²) in [6.07, 6.45) is -12.8. The van der Waals surface area contributed by atoms with Gasteiger partial charge in [0.05, 0.1) is 0 Å². The van der Waals surface area contributed by atoms with Gasteiger partial charge in [0.2, 0.25) is 0 Å². The Kier molecular flexibility index (Phi) is 9.06. The lowest BCUT2D eigenvalue weighted by atomic mass is 10.2. The van der Waals surface area contributed by atoms with Crippen molar-refractivity contribution >= 4 is 72.4 Å². The molecule has 0 aromatic rings. The number of carbonyl (C=O) groups excluding carboxylic acids is 12. The lowest BCUT2D eigenvalue weighted by Gasteiger charge is -2.42. The molecule has 24 amide bonds. The highest BCUT2D eigenvalue weighted by atomic mass is 16.3. The van der Waals surface area contributed by atoms with Crippen LogP contribution < -0.4 is 16.4 Å². The lowest BCUT2D eigenvalue weighted by Crippen LogP contribution is -3.07. The maximum atomic E-state index is 15.1. The normalized spacial score (nSPS) is 38.2. The molecule has 19 saturated heterocycles. The van der Waals surface area contributed by atoms with Crippen LogP contribution in [-0.4, -0.2) is 376 Å². The molecule has 0 aromatic carbocycles. The number of urea groups is 12. The summed E-state index contributed by atoms with van der Waals surface area (Å²) in [4.78, 5) is 213. The largest absolute Gasteiger partial charge is 0.337 e. The van der Waals surface area contributed by atoms with Crippen LogP contribution in [0.2, 0.25) is 0 Å². The van der Waals surface area contributed by atoms with E-state index < -0.39 is 226 Å². The topological polar surface area (TPSA) is 342 Å². The molecular formula is C45H61N27O12+2. The summed E-state index contributed by atoms with van der Waals surface area (Å²) in [5.41, 5.74) is 5.29. The van der Waals surface area contributed by atoms with Crippen LogP contribution in [0.3, 0.4) is 0 Å². The van der Waals surface area contributed by atoms with Crippen LogP contribution in [0.15, 0.2) is 0 Å². The Morgan fingerprint density at radius 1 is 0.310 bits per heavy atom. The number of rotatable bonds is 1. The summed E-state index contributed by atoms with van der Waals surface area (Å²) in [5.74, 6) is 0. The van der Waals surface area contributed by atoms with Gasteiger partial charge in [-0.3, -0.25) is 118 Å². The van der Waals surface area contributed by atoms with Crippen LogP contribution in [0.1, 0.15) is 27.2 Å². The first-order valence-electron chi connectivity index (χ1n) is 28.7. The molecule has 6 N–H and O–H groups in total. The van der Waals surface area contributed by atoms with Crippen LogP contribution in [-0.2, 0) is 0 Å². The summed E-state index contributed by atoms with van der Waals surface area (Å²) in [6.45, 7) is 4.79. The van der Waals surface area contributed by atoms with Gasteiger partial charge in [0.1, 0.15) is 106 Å². The highest BCUT2D eigenvalue weighted by molar-refractivity contribution is 5.95. The Labute approximate surface area is 475 Å². The van der Waals surface area contributed by atoms with E-state index in [0.717, 1.165) is 12.5 Å². The van der Waals surface area contributed by atoms with Gasteiger partial charge in [-0.1, -0.05) is 6.92 Å². The van der Waals surface area contributed by atoms with Crippen LogP contribution in [0.4, 0.5) is 57.5 Å². The van der Waals surface area contributed by atoms with Gasteiger partial charge in [-0.05, 0) is 20.3 Å². The molecule has 19 rings (SSSR count). The Bertz CT molecular complexity index is 2360. The van der Waals surface area contributed by atoms with Gasteiger partial charge in [0, 0.05) is 6.04 Å². The van der Waals surface area contributed by atoms with Crippen molar-refractivity contribution in [2.24, 2.45) is 5.73 Å². The number of quaternary nitrogens is 2. The molecule has 0 aliphatic carbocycles. The molecule has 0 radical (unpaired) electrons. The van der Waals surface area contributed by atoms with Gasteiger partial charge < -0.3 is 16.4 Å². The minimum atomic E-state index is -1.16. The monoisotopic (exact) mass is 1170 g/mol. The molecule has 19 aliphatic rings. The fourth-order valence-electron chi connectivity index (χ4n) is 17.0. The van der Waals surface area contributed by atoms with Gasteiger partial charge >= 0.3 is 72.4 Å². The zero-order valence-corrected chi connectivity index (χ0v) is 45.8. The molecule has 0 spiro atoms. The molecule has 39 heteroatoms. The van der Waals surface area contributed by atoms with E-state index in [2.05, 4.69) is 24.5 Å².